The molecule has 1 heterocycles. The highest BCUT2D eigenvalue weighted by atomic mass is 79.9. The number of fused-ring (bicyclic) bond motifs is 1. The molecule has 0 aliphatic rings. The minimum Gasteiger partial charge on any atom is -0.478 e. The third-order valence-electron chi connectivity index (χ3n) is 8.54. The Morgan fingerprint density at radius 1 is 0.792 bits per heavy atom. The maximum atomic E-state index is 13.4. The molecule has 6 rings (SSSR count). The molecular weight excluding hydrogens is 708 g/mol. The van der Waals surface area contributed by atoms with Gasteiger partial charge < -0.3 is 9.67 Å². The van der Waals surface area contributed by atoms with Gasteiger partial charge in [0.1, 0.15) is 0 Å². The van der Waals surface area contributed by atoms with Crippen LogP contribution < -0.4 is 4.72 Å². The molecule has 0 spiro atoms. The van der Waals surface area contributed by atoms with E-state index in [1.54, 1.807) is 36.4 Å². The molecule has 0 radical (unpaired) electrons. The second-order valence-corrected chi connectivity index (χ2v) is 14.6. The van der Waals surface area contributed by atoms with Crippen molar-refractivity contribution in [3.05, 3.63) is 170 Å². The number of rotatable bonds is 13. The van der Waals surface area contributed by atoms with E-state index in [1.165, 1.54) is 0 Å². The molecule has 0 aliphatic carbocycles. The summed E-state index contributed by atoms with van der Waals surface area (Å²) in [5.41, 5.74) is 6.69. The summed E-state index contributed by atoms with van der Waals surface area (Å²) in [4.78, 5) is 11.5. The van der Waals surface area contributed by atoms with Gasteiger partial charge in [0.25, 0.3) is 0 Å². The maximum absolute atomic E-state index is 13.4. The lowest BCUT2D eigenvalue weighted by Crippen LogP contribution is -2.27. The van der Waals surface area contributed by atoms with Crippen molar-refractivity contribution in [2.75, 3.05) is 6.54 Å². The minimum absolute atomic E-state index is 0.178. The van der Waals surface area contributed by atoms with Gasteiger partial charge in [-0.2, -0.15) is 0 Å². The first-order valence-corrected chi connectivity index (χ1v) is 18.4. The van der Waals surface area contributed by atoms with Crippen molar-refractivity contribution in [1.29, 1.82) is 0 Å². The van der Waals surface area contributed by atoms with Crippen LogP contribution in [0.4, 0.5) is 0 Å². The molecule has 0 saturated carbocycles. The SMILES string of the molecule is O=C(O)c1ccc(CCCc2c(CCNS(=O)(=O)c3ccccc3Br)n(C(c3ccccc3)c3ccccc3)c3ccc(Cl)cc23)cc1. The van der Waals surface area contributed by atoms with Crippen LogP contribution >= 0.6 is 27.5 Å². The molecule has 0 aliphatic heterocycles. The number of nitrogens with zero attached hydrogens (tertiary/aromatic N) is 1. The van der Waals surface area contributed by atoms with Gasteiger partial charge in [-0.25, -0.2) is 17.9 Å². The molecule has 0 amide bonds. The Hall–Kier alpha value is -4.21. The van der Waals surface area contributed by atoms with Crippen LogP contribution in [0.25, 0.3) is 10.9 Å². The number of carbonyl (C=O) groups is 1. The van der Waals surface area contributed by atoms with Crippen molar-refractivity contribution in [2.24, 2.45) is 0 Å². The molecule has 244 valence electrons. The van der Waals surface area contributed by atoms with E-state index in [-0.39, 0.29) is 23.0 Å². The van der Waals surface area contributed by atoms with E-state index >= 15 is 0 Å². The van der Waals surface area contributed by atoms with Crippen molar-refractivity contribution < 1.29 is 18.3 Å². The summed E-state index contributed by atoms with van der Waals surface area (Å²) in [6.45, 7) is 0.188. The number of aryl methyl sites for hydroxylation is 2. The number of aromatic nitrogens is 1. The number of sulfonamides is 1. The molecule has 2 N–H and O–H groups in total. The van der Waals surface area contributed by atoms with E-state index in [9.17, 15) is 18.3 Å². The average Bonchev–Trinajstić information content (AvgIpc) is 3.37. The van der Waals surface area contributed by atoms with E-state index in [1.807, 2.05) is 60.7 Å². The van der Waals surface area contributed by atoms with E-state index < -0.39 is 16.0 Å². The molecule has 0 unspecified atom stereocenters. The molecule has 1 aromatic heterocycles. The summed E-state index contributed by atoms with van der Waals surface area (Å²) in [6, 6.07) is 40.2. The number of hydrogen-bond acceptors (Lipinski definition) is 3. The lowest BCUT2D eigenvalue weighted by Gasteiger charge is -2.25. The monoisotopic (exact) mass is 740 g/mol. The van der Waals surface area contributed by atoms with Crippen LogP contribution in [0.5, 0.6) is 0 Å². The minimum atomic E-state index is -3.78. The van der Waals surface area contributed by atoms with Gasteiger partial charge in [-0.3, -0.25) is 0 Å². The van der Waals surface area contributed by atoms with Gasteiger partial charge in [0.15, 0.2) is 0 Å². The Kier molecular flexibility index (Phi) is 10.5. The van der Waals surface area contributed by atoms with Gasteiger partial charge in [0, 0.05) is 39.1 Å². The van der Waals surface area contributed by atoms with Crippen molar-refractivity contribution >= 4 is 54.4 Å². The van der Waals surface area contributed by atoms with Gasteiger partial charge in [0.2, 0.25) is 10.0 Å². The fourth-order valence-corrected chi connectivity index (χ4v) is 8.55. The fraction of sp³-hybridized carbons (Fsp3) is 0.154. The van der Waals surface area contributed by atoms with Crippen LogP contribution in [0.2, 0.25) is 5.02 Å². The van der Waals surface area contributed by atoms with Gasteiger partial charge >= 0.3 is 5.97 Å². The summed E-state index contributed by atoms with van der Waals surface area (Å²) >= 11 is 10.0. The van der Waals surface area contributed by atoms with Crippen LogP contribution in [-0.4, -0.2) is 30.6 Å². The number of halogens is 2. The molecule has 0 saturated heterocycles. The highest BCUT2D eigenvalue weighted by molar-refractivity contribution is 9.10. The lowest BCUT2D eigenvalue weighted by molar-refractivity contribution is 0.0697. The maximum Gasteiger partial charge on any atom is 0.335 e. The van der Waals surface area contributed by atoms with E-state index in [0.717, 1.165) is 51.7 Å². The number of carboxylic acid groups (broad SMARTS) is 1. The summed E-state index contributed by atoms with van der Waals surface area (Å²) < 4.78 is 32.5. The Morgan fingerprint density at radius 3 is 2.04 bits per heavy atom. The molecule has 48 heavy (non-hydrogen) atoms. The summed E-state index contributed by atoms with van der Waals surface area (Å²) in [5.74, 6) is -0.947. The van der Waals surface area contributed by atoms with E-state index in [4.69, 9.17) is 11.6 Å². The van der Waals surface area contributed by atoms with Crippen molar-refractivity contribution in [3.8, 4) is 0 Å². The van der Waals surface area contributed by atoms with Crippen LogP contribution in [0, 0.1) is 0 Å². The predicted octanol–water partition coefficient (Wildman–Crippen LogP) is 9.09. The molecule has 6 aromatic rings. The van der Waals surface area contributed by atoms with E-state index in [0.29, 0.717) is 22.3 Å². The first-order chi connectivity index (χ1) is 23.2. The van der Waals surface area contributed by atoms with Crippen molar-refractivity contribution in [1.82, 2.24) is 9.29 Å². The zero-order chi connectivity index (χ0) is 33.7. The quantitative estimate of drug-likeness (QED) is 0.124. The Bertz CT molecular complexity index is 2110. The molecule has 5 aromatic carbocycles. The standard InChI is InChI=1S/C39H34BrClN2O4S/c40-34-16-7-8-17-37(34)48(46,47)42-25-24-36-32(15-9-10-27-18-20-30(21-19-27)39(44)45)33-26-31(41)22-23-35(33)43(36)38(28-11-3-1-4-12-28)29-13-5-2-6-14-29/h1-8,11-14,16-23,26,38,42H,9-10,15,24-25H2,(H,44,45). The van der Waals surface area contributed by atoms with Crippen LogP contribution in [0.3, 0.4) is 0 Å². The van der Waals surface area contributed by atoms with Crippen LogP contribution in [0.1, 0.15) is 50.8 Å². The first kappa shape index (κ1) is 33.7. The Labute approximate surface area is 294 Å². The van der Waals surface area contributed by atoms with Crippen LogP contribution in [0.15, 0.2) is 137 Å². The largest absolute Gasteiger partial charge is 0.478 e. The lowest BCUT2D eigenvalue weighted by atomic mass is 9.97. The molecular formula is C39H34BrClN2O4S. The highest BCUT2D eigenvalue weighted by Crippen LogP contribution is 2.38. The topological polar surface area (TPSA) is 88.4 Å². The number of carboxylic acids is 1. The van der Waals surface area contributed by atoms with Crippen molar-refractivity contribution in [3.63, 3.8) is 0 Å². The summed E-state index contributed by atoms with van der Waals surface area (Å²) in [5, 5.41) is 11.0. The molecule has 0 bridgehead atoms. The Morgan fingerprint density at radius 2 is 1.42 bits per heavy atom. The Balaban J connectivity index is 1.44. The fourth-order valence-electron chi connectivity index (χ4n) is 6.34. The van der Waals surface area contributed by atoms with E-state index in [2.05, 4.69) is 55.6 Å². The predicted molar refractivity (Wildman–Crippen MR) is 196 cm³/mol. The highest BCUT2D eigenvalue weighted by Gasteiger charge is 2.26. The second kappa shape index (κ2) is 14.9. The van der Waals surface area contributed by atoms with Gasteiger partial charge in [-0.15, -0.1) is 0 Å². The third-order valence-corrected chi connectivity index (χ3v) is 11.3. The molecule has 6 nitrogen and oxygen atoms in total. The average molecular weight is 742 g/mol. The zero-order valence-corrected chi connectivity index (χ0v) is 29.2. The van der Waals surface area contributed by atoms with Gasteiger partial charge in [0.05, 0.1) is 16.5 Å². The van der Waals surface area contributed by atoms with Gasteiger partial charge in [-0.1, -0.05) is 96.5 Å². The molecule has 0 fully saturated rings. The molecule has 0 atom stereocenters. The molecule has 9 heteroatoms. The third kappa shape index (κ3) is 7.42. The summed E-state index contributed by atoms with van der Waals surface area (Å²) in [7, 11) is -3.78. The normalized spacial score (nSPS) is 11.7. The number of nitrogens with one attached hydrogen (secondary N) is 1. The number of benzene rings is 5. The number of aromatic carboxylic acids is 1. The smallest absolute Gasteiger partial charge is 0.335 e. The zero-order valence-electron chi connectivity index (χ0n) is 26.0. The number of hydrogen-bond donors (Lipinski definition) is 2. The second-order valence-electron chi connectivity index (χ2n) is 11.6. The first-order valence-electron chi connectivity index (χ1n) is 15.7. The van der Waals surface area contributed by atoms with Gasteiger partial charge in [-0.05, 0) is 99.9 Å². The summed E-state index contributed by atoms with van der Waals surface area (Å²) in [6.07, 6.45) is 2.71. The van der Waals surface area contributed by atoms with Crippen LogP contribution in [-0.2, 0) is 29.3 Å². The van der Waals surface area contributed by atoms with Crippen molar-refractivity contribution in [2.45, 2.75) is 36.6 Å².